The maximum atomic E-state index is 14.7. The molecule has 10 unspecified atom stereocenters. The number of carbonyl (C=O) groups excluding carboxylic acids is 1. The highest BCUT2D eigenvalue weighted by Crippen LogP contribution is 2.74. The molecular weight excluding hydrogens is 620 g/mol. The molecule has 0 aromatic rings. The van der Waals surface area contributed by atoms with Gasteiger partial charge in [-0.1, -0.05) is 83.5 Å². The molecule has 50 heavy (non-hydrogen) atoms. The standard InChI is InChI=1S/C43H70N4O3/c1-41-25-31(44-2)38(49-3)40(50-41)46-32-22-14-15-23-42(32,27-17-11-8-12-18-27)35-29-26-45-39(48)33(29)34-30-21-13-16-24-43(30,47(41)36(34)37(35)46)28-19-9-6-4-5-7-10-20-28/h27-38,40,44H,4-26H2,1-3H3,(H,45,48)/t29?,30?,31-,32?,33?,34?,35?,36?,37?,38-,40+,41-,42?,43?/m1/s1. The Labute approximate surface area is 303 Å². The summed E-state index contributed by atoms with van der Waals surface area (Å²) in [5, 5.41) is 7.48. The van der Waals surface area contributed by atoms with E-state index < -0.39 is 0 Å². The number of hydrogen-bond donors (Lipinski definition) is 2. The van der Waals surface area contributed by atoms with Crippen LogP contribution in [0, 0.1) is 46.8 Å². The first-order valence-electron chi connectivity index (χ1n) is 22.2. The Bertz CT molecular complexity index is 1280. The normalized spacial score (nSPS) is 52.9. The van der Waals surface area contributed by atoms with Crippen molar-refractivity contribution in [1.82, 2.24) is 20.4 Å². The van der Waals surface area contributed by atoms with Crippen molar-refractivity contribution in [3.05, 3.63) is 0 Å². The summed E-state index contributed by atoms with van der Waals surface area (Å²) in [6, 6.07) is 1.64. The summed E-state index contributed by atoms with van der Waals surface area (Å²) in [4.78, 5) is 21.0. The average molecular weight is 691 g/mol. The van der Waals surface area contributed by atoms with Gasteiger partial charge in [0.25, 0.3) is 0 Å². The largest absolute Gasteiger partial charge is 0.376 e. The quantitative estimate of drug-likeness (QED) is 0.325. The van der Waals surface area contributed by atoms with Crippen molar-refractivity contribution in [3.63, 3.8) is 0 Å². The third-order valence-corrected chi connectivity index (χ3v) is 18.3. The topological polar surface area (TPSA) is 66.1 Å². The molecule has 7 nitrogen and oxygen atoms in total. The van der Waals surface area contributed by atoms with Crippen LogP contribution in [0.1, 0.15) is 148 Å². The molecule has 5 aliphatic carbocycles. The van der Waals surface area contributed by atoms with Crippen molar-refractivity contribution >= 4 is 5.91 Å². The summed E-state index contributed by atoms with van der Waals surface area (Å²) in [6.45, 7) is 3.45. The lowest BCUT2D eigenvalue weighted by atomic mass is 9.47. The first-order valence-corrected chi connectivity index (χ1v) is 22.2. The molecule has 0 aromatic heterocycles. The molecular formula is C43H70N4O3. The number of rotatable bonds is 4. The number of carbonyl (C=O) groups is 1. The molecule has 10 aliphatic rings. The van der Waals surface area contributed by atoms with Gasteiger partial charge in [0.15, 0.2) is 0 Å². The highest BCUT2D eigenvalue weighted by molar-refractivity contribution is 5.82. The fourth-order valence-corrected chi connectivity index (χ4v) is 17.2. The molecule has 5 saturated heterocycles. The number of ether oxygens (including phenoxy) is 2. The minimum Gasteiger partial charge on any atom is -0.376 e. The number of methoxy groups -OCH3 is 1. The van der Waals surface area contributed by atoms with Gasteiger partial charge in [-0.05, 0) is 106 Å². The molecule has 10 fully saturated rings. The second-order valence-electron chi connectivity index (χ2n) is 19.8. The van der Waals surface area contributed by atoms with Crippen LogP contribution in [-0.2, 0) is 14.3 Å². The number of nitrogens with one attached hydrogen (secondary N) is 2. The number of nitrogens with zero attached hydrogens (tertiary/aromatic N) is 2. The predicted molar refractivity (Wildman–Crippen MR) is 196 cm³/mol. The van der Waals surface area contributed by atoms with Crippen molar-refractivity contribution in [1.29, 1.82) is 0 Å². The van der Waals surface area contributed by atoms with Crippen molar-refractivity contribution in [3.8, 4) is 0 Å². The molecule has 0 aromatic carbocycles. The molecule has 280 valence electrons. The number of fused-ring (bicyclic) bond motifs is 13. The van der Waals surface area contributed by atoms with Crippen molar-refractivity contribution in [2.75, 3.05) is 20.7 Å². The maximum absolute atomic E-state index is 14.7. The van der Waals surface area contributed by atoms with Gasteiger partial charge in [-0.15, -0.1) is 0 Å². The first kappa shape index (κ1) is 33.8. The molecule has 10 rings (SSSR count). The van der Waals surface area contributed by atoms with E-state index in [1.165, 1.54) is 135 Å². The highest BCUT2D eigenvalue weighted by atomic mass is 16.6. The Hall–Kier alpha value is -0.730. The van der Waals surface area contributed by atoms with Crippen LogP contribution in [0.4, 0.5) is 0 Å². The minimum atomic E-state index is -0.375. The molecule has 2 N–H and O–H groups in total. The van der Waals surface area contributed by atoms with E-state index >= 15 is 0 Å². The summed E-state index contributed by atoms with van der Waals surface area (Å²) in [6.07, 6.45) is 29.7. The lowest BCUT2D eigenvalue weighted by Gasteiger charge is -2.60. The Morgan fingerprint density at radius 2 is 1.48 bits per heavy atom. The van der Waals surface area contributed by atoms with Crippen molar-refractivity contribution < 1.29 is 14.3 Å². The fraction of sp³-hybridized carbons (Fsp3) is 0.977. The summed E-state index contributed by atoms with van der Waals surface area (Å²) in [5.74, 6) is 4.16. The molecule has 7 heteroatoms. The Balaban J connectivity index is 1.23. The zero-order chi connectivity index (χ0) is 33.8. The summed E-state index contributed by atoms with van der Waals surface area (Å²) >= 11 is 0. The van der Waals surface area contributed by atoms with Gasteiger partial charge in [0.05, 0.1) is 0 Å². The van der Waals surface area contributed by atoms with Crippen molar-refractivity contribution in [2.24, 2.45) is 46.8 Å². The van der Waals surface area contributed by atoms with Gasteiger partial charge >= 0.3 is 0 Å². The van der Waals surface area contributed by atoms with E-state index in [2.05, 4.69) is 34.4 Å². The third-order valence-electron chi connectivity index (χ3n) is 18.3. The van der Waals surface area contributed by atoms with Crippen LogP contribution in [0.15, 0.2) is 0 Å². The second-order valence-corrected chi connectivity index (χ2v) is 19.8. The van der Waals surface area contributed by atoms with E-state index in [-0.39, 0.29) is 41.0 Å². The molecule has 2 bridgehead atoms. The maximum Gasteiger partial charge on any atom is 0.223 e. The van der Waals surface area contributed by atoms with Crippen LogP contribution in [0.2, 0.25) is 0 Å². The molecule has 1 amide bonds. The second kappa shape index (κ2) is 12.7. The summed E-state index contributed by atoms with van der Waals surface area (Å²) in [7, 11) is 4.15. The third kappa shape index (κ3) is 4.42. The van der Waals surface area contributed by atoms with E-state index in [1.54, 1.807) is 0 Å². The number of amides is 1. The molecule has 5 saturated carbocycles. The highest BCUT2D eigenvalue weighted by Gasteiger charge is 2.81. The molecule has 5 heterocycles. The average Bonchev–Trinajstić information content (AvgIpc) is 3.79. The van der Waals surface area contributed by atoms with E-state index in [0.29, 0.717) is 53.6 Å². The van der Waals surface area contributed by atoms with Crippen LogP contribution < -0.4 is 10.6 Å². The first-order chi connectivity index (χ1) is 24.5. The van der Waals surface area contributed by atoms with Gasteiger partial charge in [-0.3, -0.25) is 14.6 Å². The minimum absolute atomic E-state index is 0.0142. The van der Waals surface area contributed by atoms with Crippen LogP contribution in [-0.4, -0.2) is 84.2 Å². The molecule has 5 aliphatic heterocycles. The van der Waals surface area contributed by atoms with Crippen LogP contribution >= 0.6 is 0 Å². The Kier molecular flexibility index (Phi) is 8.57. The summed E-state index contributed by atoms with van der Waals surface area (Å²) in [5.41, 5.74) is 0.0372. The van der Waals surface area contributed by atoms with Gasteiger partial charge in [0, 0.05) is 55.7 Å². The van der Waals surface area contributed by atoms with Crippen LogP contribution in [0.5, 0.6) is 0 Å². The van der Waals surface area contributed by atoms with Gasteiger partial charge in [-0.25, -0.2) is 0 Å². The Morgan fingerprint density at radius 1 is 0.820 bits per heavy atom. The van der Waals surface area contributed by atoms with E-state index in [0.717, 1.165) is 18.9 Å². The fourth-order valence-electron chi connectivity index (χ4n) is 17.2. The zero-order valence-corrected chi connectivity index (χ0v) is 31.9. The van der Waals surface area contributed by atoms with Crippen LogP contribution in [0.25, 0.3) is 0 Å². The lowest BCUT2D eigenvalue weighted by molar-refractivity contribution is -0.292. The van der Waals surface area contributed by atoms with E-state index in [9.17, 15) is 4.79 Å². The smallest absolute Gasteiger partial charge is 0.223 e. The molecule has 0 radical (unpaired) electrons. The van der Waals surface area contributed by atoms with Gasteiger partial charge < -0.3 is 20.1 Å². The number of likely N-dealkylation sites (N-methyl/N-ethyl adjacent to an activating group) is 1. The number of hydrogen-bond acceptors (Lipinski definition) is 6. The van der Waals surface area contributed by atoms with Crippen LogP contribution in [0.3, 0.4) is 0 Å². The van der Waals surface area contributed by atoms with Gasteiger partial charge in [0.1, 0.15) is 18.1 Å². The monoisotopic (exact) mass is 691 g/mol. The lowest BCUT2D eigenvalue weighted by Crippen LogP contribution is -2.71. The van der Waals surface area contributed by atoms with Gasteiger partial charge in [0.2, 0.25) is 5.91 Å². The predicted octanol–water partition coefficient (Wildman–Crippen LogP) is 7.23. The van der Waals surface area contributed by atoms with E-state index in [4.69, 9.17) is 9.47 Å². The zero-order valence-electron chi connectivity index (χ0n) is 31.9. The molecule has 0 spiro atoms. The summed E-state index contributed by atoms with van der Waals surface area (Å²) < 4.78 is 14.6. The molecule has 14 atom stereocenters. The van der Waals surface area contributed by atoms with Crippen molar-refractivity contribution in [2.45, 2.75) is 196 Å². The van der Waals surface area contributed by atoms with Gasteiger partial charge in [-0.2, -0.15) is 0 Å². The SMILES string of the molecule is CN[C@@H]1C[C@@]2(C)O[C@@H]([C@@H]1OC)N1C3C4C(C5C(=O)NCC5C3C3(C5CCCCC5)CCCCC13)C1CCCCC1(C1CCCCCCCC1)N42. The Morgan fingerprint density at radius 3 is 2.22 bits per heavy atom. The van der Waals surface area contributed by atoms with E-state index in [1.807, 2.05) is 7.11 Å².